The number of rotatable bonds is 9. The zero-order chi connectivity index (χ0) is 34.4. The lowest BCUT2D eigenvalue weighted by atomic mass is 9.77. The molecule has 2 saturated heterocycles. The molecule has 0 aliphatic carbocycles. The molecule has 50 heavy (non-hydrogen) atoms. The summed E-state index contributed by atoms with van der Waals surface area (Å²) in [5.74, 6) is -2.22. The van der Waals surface area contributed by atoms with Crippen molar-refractivity contribution in [3.63, 3.8) is 0 Å². The quantitative estimate of drug-likeness (QED) is 0.269. The highest BCUT2D eigenvalue weighted by Gasteiger charge is 2.72. The van der Waals surface area contributed by atoms with Gasteiger partial charge < -0.3 is 29.3 Å². The highest BCUT2D eigenvalue weighted by atomic mass is 16.5. The Morgan fingerprint density at radius 1 is 0.940 bits per heavy atom. The van der Waals surface area contributed by atoms with Crippen molar-refractivity contribution in [3.05, 3.63) is 109 Å². The molecule has 256 valence electrons. The molecule has 1 spiro atoms. The van der Waals surface area contributed by atoms with E-state index in [1.54, 1.807) is 14.5 Å². The maximum atomic E-state index is 15.0. The van der Waals surface area contributed by atoms with Crippen LogP contribution in [0.1, 0.15) is 12.5 Å². The summed E-state index contributed by atoms with van der Waals surface area (Å²) in [6.07, 6.45) is 6.95. The summed E-state index contributed by atoms with van der Waals surface area (Å²) < 4.78 is 14.1. The normalized spacial score (nSPS) is 26.5. The number of benzene rings is 3. The highest BCUT2D eigenvalue weighted by Crippen LogP contribution is 2.54. The lowest BCUT2D eigenvalue weighted by molar-refractivity contribution is -0.151. The number of carbonyl (C=O) groups is 3. The first kappa shape index (κ1) is 31.9. The topological polar surface area (TPSA) is 130 Å². The fourth-order valence-electron chi connectivity index (χ4n) is 8.08. The maximum absolute atomic E-state index is 15.0. The van der Waals surface area contributed by atoms with Crippen molar-refractivity contribution in [1.82, 2.24) is 24.8 Å². The zero-order valence-corrected chi connectivity index (χ0v) is 27.6. The van der Waals surface area contributed by atoms with Crippen LogP contribution >= 0.6 is 0 Å². The number of amides is 3. The van der Waals surface area contributed by atoms with Gasteiger partial charge in [-0.3, -0.25) is 14.4 Å². The second kappa shape index (κ2) is 12.8. The van der Waals surface area contributed by atoms with Crippen LogP contribution in [0.3, 0.4) is 0 Å². The van der Waals surface area contributed by atoms with Crippen LogP contribution in [-0.4, -0.2) is 97.7 Å². The van der Waals surface area contributed by atoms with Crippen molar-refractivity contribution in [3.8, 4) is 5.75 Å². The van der Waals surface area contributed by atoms with Gasteiger partial charge in [-0.1, -0.05) is 72.0 Å². The van der Waals surface area contributed by atoms with E-state index in [0.29, 0.717) is 36.5 Å². The standard InChI is InChI=1S/C38H38N6O6/c1-2-49-28-17-15-26(16-18-28)42-21-8-14-31-32(35(42)46)33-36(47)44(27(23-45)22-25-10-4-3-5-11-25)34-37(48)41(20-9-19-38(33,34)50-31)24-43-30-13-7-6-12-29(30)39-40-43/h3-19,27,31-34,45H,2,20-24H2,1H3/t27-,31+,32-,33+,34?,38+/m1/s1. The van der Waals surface area contributed by atoms with E-state index in [1.807, 2.05) is 110 Å². The van der Waals surface area contributed by atoms with Gasteiger partial charge in [-0.25, -0.2) is 4.68 Å². The van der Waals surface area contributed by atoms with Crippen LogP contribution in [0.4, 0.5) is 5.69 Å². The Bertz CT molecular complexity index is 1980. The first-order valence-electron chi connectivity index (χ1n) is 17.0. The van der Waals surface area contributed by atoms with Gasteiger partial charge in [0, 0.05) is 18.8 Å². The average Bonchev–Trinajstić information content (AvgIpc) is 3.70. The van der Waals surface area contributed by atoms with Crippen LogP contribution in [0.5, 0.6) is 5.75 Å². The molecule has 4 aliphatic rings. The molecule has 0 bridgehead atoms. The van der Waals surface area contributed by atoms with Gasteiger partial charge in [0.2, 0.25) is 11.8 Å². The number of ether oxygens (including phenoxy) is 2. The lowest BCUT2D eigenvalue weighted by Gasteiger charge is -2.38. The molecule has 12 heteroatoms. The fraction of sp³-hybridized carbons (Fsp3) is 0.342. The number of nitrogens with zero attached hydrogens (tertiary/aromatic N) is 6. The molecule has 2 fully saturated rings. The third kappa shape index (κ3) is 5.17. The van der Waals surface area contributed by atoms with E-state index >= 15 is 0 Å². The fourth-order valence-corrected chi connectivity index (χ4v) is 8.08. The maximum Gasteiger partial charge on any atom is 0.250 e. The molecule has 3 amide bonds. The number of aromatic nitrogens is 3. The number of aliphatic hydroxyl groups excluding tert-OH is 1. The van der Waals surface area contributed by atoms with E-state index in [9.17, 15) is 19.5 Å². The summed E-state index contributed by atoms with van der Waals surface area (Å²) >= 11 is 0. The Hall–Kier alpha value is -5.33. The first-order valence-corrected chi connectivity index (χ1v) is 17.0. The number of aliphatic hydroxyl groups is 1. The molecular formula is C38H38N6O6. The highest BCUT2D eigenvalue weighted by molar-refractivity contribution is 6.04. The predicted octanol–water partition coefficient (Wildman–Crippen LogP) is 2.97. The number of para-hydroxylation sites is 1. The summed E-state index contributed by atoms with van der Waals surface area (Å²) in [6.45, 7) is 2.66. The summed E-state index contributed by atoms with van der Waals surface area (Å²) in [4.78, 5) is 49.3. The predicted molar refractivity (Wildman–Crippen MR) is 184 cm³/mol. The Labute approximate surface area is 289 Å². The minimum atomic E-state index is -1.45. The van der Waals surface area contributed by atoms with Gasteiger partial charge in [0.25, 0.3) is 5.91 Å². The van der Waals surface area contributed by atoms with E-state index in [0.717, 1.165) is 11.1 Å². The van der Waals surface area contributed by atoms with E-state index in [4.69, 9.17) is 9.47 Å². The molecule has 5 heterocycles. The van der Waals surface area contributed by atoms with Gasteiger partial charge in [-0.2, -0.15) is 0 Å². The van der Waals surface area contributed by atoms with E-state index in [-0.39, 0.29) is 37.5 Å². The summed E-state index contributed by atoms with van der Waals surface area (Å²) in [5, 5.41) is 19.4. The molecule has 1 unspecified atom stereocenters. The number of anilines is 1. The van der Waals surface area contributed by atoms with Gasteiger partial charge in [0.15, 0.2) is 0 Å². The second-order valence-electron chi connectivity index (χ2n) is 13.1. The molecule has 1 N–H and O–H groups in total. The number of hydrogen-bond donors (Lipinski definition) is 1. The molecule has 12 nitrogen and oxygen atoms in total. The molecule has 4 aliphatic heterocycles. The number of carbonyl (C=O) groups excluding carboxylic acids is 3. The van der Waals surface area contributed by atoms with Gasteiger partial charge >= 0.3 is 0 Å². The van der Waals surface area contributed by atoms with Crippen molar-refractivity contribution < 1.29 is 29.0 Å². The van der Waals surface area contributed by atoms with Crippen molar-refractivity contribution in [2.45, 2.75) is 43.8 Å². The Morgan fingerprint density at radius 3 is 2.50 bits per heavy atom. The number of hydrogen-bond acceptors (Lipinski definition) is 8. The lowest BCUT2D eigenvalue weighted by Crippen LogP contribution is -2.58. The van der Waals surface area contributed by atoms with E-state index < -0.39 is 35.6 Å². The van der Waals surface area contributed by atoms with Crippen LogP contribution in [0.25, 0.3) is 11.0 Å². The van der Waals surface area contributed by atoms with Crippen LogP contribution in [0.15, 0.2) is 103 Å². The largest absolute Gasteiger partial charge is 0.494 e. The van der Waals surface area contributed by atoms with Crippen LogP contribution in [-0.2, 0) is 32.2 Å². The van der Waals surface area contributed by atoms with Crippen LogP contribution in [0, 0.1) is 11.8 Å². The average molecular weight is 675 g/mol. The second-order valence-corrected chi connectivity index (χ2v) is 13.1. The summed E-state index contributed by atoms with van der Waals surface area (Å²) in [6, 6.07) is 22.5. The molecular weight excluding hydrogens is 636 g/mol. The number of likely N-dealkylation sites (tertiary alicyclic amines) is 1. The minimum Gasteiger partial charge on any atom is -0.494 e. The van der Waals surface area contributed by atoms with Crippen molar-refractivity contribution >= 4 is 34.4 Å². The molecule has 8 rings (SSSR count). The van der Waals surface area contributed by atoms with Crippen LogP contribution in [0.2, 0.25) is 0 Å². The Balaban J connectivity index is 1.19. The third-order valence-corrected chi connectivity index (χ3v) is 10.3. The van der Waals surface area contributed by atoms with E-state index in [2.05, 4.69) is 10.3 Å². The Kier molecular flexibility index (Phi) is 8.20. The molecule has 6 atom stereocenters. The van der Waals surface area contributed by atoms with Gasteiger partial charge in [0.05, 0.1) is 42.7 Å². The minimum absolute atomic E-state index is 0.0860. The monoisotopic (exact) mass is 674 g/mol. The van der Waals surface area contributed by atoms with Crippen molar-refractivity contribution in [1.29, 1.82) is 0 Å². The van der Waals surface area contributed by atoms with Crippen LogP contribution < -0.4 is 9.64 Å². The number of fused-ring (bicyclic) bond motifs is 3. The molecule has 0 radical (unpaired) electrons. The Morgan fingerprint density at radius 2 is 1.72 bits per heavy atom. The summed E-state index contributed by atoms with van der Waals surface area (Å²) in [7, 11) is 0. The SMILES string of the molecule is CCOc1ccc(N2CC=C[C@@H]3O[C@]45C=CCN(Cn6nnc7ccccc76)C(=O)C4N([C@@H](CO)Cc4ccccc4)C(=O)[C@@H]5[C@@H]3C2=O)cc1. The van der Waals surface area contributed by atoms with Crippen molar-refractivity contribution in [2.24, 2.45) is 11.8 Å². The van der Waals surface area contributed by atoms with Crippen molar-refractivity contribution in [2.75, 3.05) is 31.2 Å². The van der Waals surface area contributed by atoms with Gasteiger partial charge in [0.1, 0.15) is 29.6 Å². The molecule has 4 aromatic rings. The molecule has 1 aromatic heterocycles. The van der Waals surface area contributed by atoms with Gasteiger partial charge in [-0.05, 0) is 55.3 Å². The molecule has 3 aromatic carbocycles. The van der Waals surface area contributed by atoms with Gasteiger partial charge in [-0.15, -0.1) is 5.10 Å². The zero-order valence-electron chi connectivity index (χ0n) is 27.6. The summed E-state index contributed by atoms with van der Waals surface area (Å²) in [5.41, 5.74) is 1.59. The molecule has 0 saturated carbocycles. The first-order chi connectivity index (χ1) is 24.4. The third-order valence-electron chi connectivity index (χ3n) is 10.3. The smallest absolute Gasteiger partial charge is 0.250 e. The van der Waals surface area contributed by atoms with E-state index in [1.165, 1.54) is 4.90 Å².